The maximum Gasteiger partial charge on any atom is 0.117 e. The van der Waals surface area contributed by atoms with Crippen LogP contribution >= 0.6 is 11.6 Å². The summed E-state index contributed by atoms with van der Waals surface area (Å²) < 4.78 is 0. The summed E-state index contributed by atoms with van der Waals surface area (Å²) in [7, 11) is 0. The number of halogens is 1. The molecule has 0 radical (unpaired) electrons. The van der Waals surface area contributed by atoms with Gasteiger partial charge >= 0.3 is 0 Å². The van der Waals surface area contributed by atoms with E-state index in [2.05, 4.69) is 4.90 Å². The molecule has 0 aliphatic carbocycles. The van der Waals surface area contributed by atoms with Gasteiger partial charge in [0.2, 0.25) is 0 Å². The second kappa shape index (κ2) is 4.93. The number of nitrogens with zero attached hydrogens (tertiary/aromatic N) is 1. The molecule has 1 aliphatic rings. The zero-order valence-corrected chi connectivity index (χ0v) is 9.82. The molecule has 0 spiro atoms. The molecular weight excluding hydrogens is 226 g/mol. The van der Waals surface area contributed by atoms with Gasteiger partial charge in [0.1, 0.15) is 5.75 Å². The van der Waals surface area contributed by atoms with Gasteiger partial charge in [0.15, 0.2) is 0 Å². The Kier molecular flexibility index (Phi) is 3.56. The predicted molar refractivity (Wildman–Crippen MR) is 65.2 cm³/mol. The zero-order chi connectivity index (χ0) is 11.5. The number of aliphatic hydroxyl groups excluding tert-OH is 1. The smallest absolute Gasteiger partial charge is 0.117 e. The van der Waals surface area contributed by atoms with Crippen molar-refractivity contribution in [1.29, 1.82) is 0 Å². The van der Waals surface area contributed by atoms with E-state index >= 15 is 0 Å². The van der Waals surface area contributed by atoms with E-state index in [0.29, 0.717) is 5.02 Å². The van der Waals surface area contributed by atoms with Gasteiger partial charge in [-0.3, -0.25) is 0 Å². The van der Waals surface area contributed by atoms with Crippen LogP contribution in [0.3, 0.4) is 0 Å². The first-order valence-corrected chi connectivity index (χ1v) is 5.96. The number of anilines is 1. The molecule has 1 saturated heterocycles. The van der Waals surface area contributed by atoms with Gasteiger partial charge < -0.3 is 15.1 Å². The molecule has 2 N–H and O–H groups in total. The van der Waals surface area contributed by atoms with E-state index in [4.69, 9.17) is 11.6 Å². The molecular formula is C12H16ClNO2. The number of benzene rings is 1. The second-order valence-electron chi connectivity index (χ2n) is 4.16. The molecule has 1 fully saturated rings. The Morgan fingerprint density at radius 2 is 2.19 bits per heavy atom. The largest absolute Gasteiger partial charge is 0.508 e. The Balaban J connectivity index is 2.27. The summed E-state index contributed by atoms with van der Waals surface area (Å²) in [6, 6.07) is 5.13. The highest BCUT2D eigenvalue weighted by molar-refractivity contribution is 6.33. The van der Waals surface area contributed by atoms with Crippen molar-refractivity contribution in [3.63, 3.8) is 0 Å². The summed E-state index contributed by atoms with van der Waals surface area (Å²) in [5.74, 6) is 0.173. The molecule has 1 aromatic carbocycles. The van der Waals surface area contributed by atoms with Crippen molar-refractivity contribution in [1.82, 2.24) is 0 Å². The summed E-state index contributed by atoms with van der Waals surface area (Å²) in [6.07, 6.45) is 3.26. The Hall–Kier alpha value is -0.930. The Bertz CT molecular complexity index is 370. The van der Waals surface area contributed by atoms with Crippen LogP contribution in [0.15, 0.2) is 18.2 Å². The number of phenols is 1. The lowest BCUT2D eigenvalue weighted by Gasteiger charge is -2.37. The highest BCUT2D eigenvalue weighted by Gasteiger charge is 2.23. The van der Waals surface area contributed by atoms with Crippen molar-refractivity contribution in [3.8, 4) is 5.75 Å². The van der Waals surface area contributed by atoms with Gasteiger partial charge in [-0.15, -0.1) is 0 Å². The number of piperidine rings is 1. The molecule has 2 rings (SSSR count). The normalized spacial score (nSPS) is 21.1. The van der Waals surface area contributed by atoms with Gasteiger partial charge in [-0.25, -0.2) is 0 Å². The fraction of sp³-hybridized carbons (Fsp3) is 0.500. The standard InChI is InChI=1S/C12H16ClNO2/c13-11-7-10(16)4-5-12(11)14-6-2-1-3-9(14)8-15/h4-5,7,9,15-16H,1-3,6,8H2. The molecule has 3 nitrogen and oxygen atoms in total. The third kappa shape index (κ3) is 2.25. The highest BCUT2D eigenvalue weighted by Crippen LogP contribution is 2.33. The Labute approximate surface area is 100 Å². The summed E-state index contributed by atoms with van der Waals surface area (Å²) in [5.41, 5.74) is 0.901. The Morgan fingerprint density at radius 1 is 1.38 bits per heavy atom. The van der Waals surface area contributed by atoms with Crippen molar-refractivity contribution >= 4 is 17.3 Å². The molecule has 0 aromatic heterocycles. The number of phenolic OH excluding ortho intramolecular Hbond substituents is 1. The van der Waals surface area contributed by atoms with Crippen molar-refractivity contribution in [2.24, 2.45) is 0 Å². The van der Waals surface area contributed by atoms with Crippen molar-refractivity contribution < 1.29 is 10.2 Å². The fourth-order valence-electron chi connectivity index (χ4n) is 2.24. The maximum atomic E-state index is 9.33. The van der Waals surface area contributed by atoms with Crippen LogP contribution in [0.1, 0.15) is 19.3 Å². The lowest BCUT2D eigenvalue weighted by atomic mass is 10.0. The molecule has 16 heavy (non-hydrogen) atoms. The van der Waals surface area contributed by atoms with Crippen LogP contribution in [-0.2, 0) is 0 Å². The van der Waals surface area contributed by atoms with E-state index < -0.39 is 0 Å². The lowest BCUT2D eigenvalue weighted by Crippen LogP contribution is -2.42. The minimum atomic E-state index is 0.149. The summed E-state index contributed by atoms with van der Waals surface area (Å²) >= 11 is 6.10. The molecule has 1 aliphatic heterocycles. The van der Waals surface area contributed by atoms with Crippen molar-refractivity contribution in [2.45, 2.75) is 25.3 Å². The molecule has 1 heterocycles. The van der Waals surface area contributed by atoms with Gasteiger partial charge in [0.05, 0.1) is 23.4 Å². The van der Waals surface area contributed by atoms with E-state index in [1.807, 2.05) is 6.07 Å². The lowest BCUT2D eigenvalue weighted by molar-refractivity contribution is 0.240. The van der Waals surface area contributed by atoms with Gasteiger partial charge in [0.25, 0.3) is 0 Å². The van der Waals surface area contributed by atoms with Gasteiger partial charge in [-0.2, -0.15) is 0 Å². The second-order valence-corrected chi connectivity index (χ2v) is 4.57. The van der Waals surface area contributed by atoms with Crippen LogP contribution in [0.5, 0.6) is 5.75 Å². The minimum absolute atomic E-state index is 0.149. The first-order chi connectivity index (χ1) is 7.72. The van der Waals surface area contributed by atoms with E-state index in [1.54, 1.807) is 12.1 Å². The zero-order valence-electron chi connectivity index (χ0n) is 9.06. The molecule has 1 atom stereocenters. The van der Waals surface area contributed by atoms with Crippen LogP contribution in [0.25, 0.3) is 0 Å². The average Bonchev–Trinajstić information content (AvgIpc) is 2.29. The minimum Gasteiger partial charge on any atom is -0.508 e. The molecule has 4 heteroatoms. The van der Waals surface area contributed by atoms with Crippen molar-refractivity contribution in [2.75, 3.05) is 18.1 Å². The monoisotopic (exact) mass is 241 g/mol. The summed E-state index contributed by atoms with van der Waals surface area (Å²) in [6.45, 7) is 1.06. The molecule has 0 amide bonds. The first kappa shape index (κ1) is 11.6. The van der Waals surface area contributed by atoms with E-state index in [9.17, 15) is 10.2 Å². The van der Waals surface area contributed by atoms with Gasteiger partial charge in [0, 0.05) is 12.6 Å². The number of hydrogen-bond donors (Lipinski definition) is 2. The topological polar surface area (TPSA) is 43.7 Å². The van der Waals surface area contributed by atoms with Crippen molar-refractivity contribution in [3.05, 3.63) is 23.2 Å². The van der Waals surface area contributed by atoms with Gasteiger partial charge in [-0.1, -0.05) is 11.6 Å². The maximum absolute atomic E-state index is 9.33. The van der Waals surface area contributed by atoms with Crippen LogP contribution in [-0.4, -0.2) is 29.4 Å². The average molecular weight is 242 g/mol. The molecule has 1 unspecified atom stereocenters. The van der Waals surface area contributed by atoms with Crippen LogP contribution in [0, 0.1) is 0 Å². The van der Waals surface area contributed by atoms with E-state index in [-0.39, 0.29) is 18.4 Å². The highest BCUT2D eigenvalue weighted by atomic mass is 35.5. The SMILES string of the molecule is OCC1CCCCN1c1ccc(O)cc1Cl. The van der Waals surface area contributed by atoms with Crippen LogP contribution in [0.4, 0.5) is 5.69 Å². The summed E-state index contributed by atoms with van der Waals surface area (Å²) in [5, 5.41) is 19.2. The number of rotatable bonds is 2. The number of aromatic hydroxyl groups is 1. The Morgan fingerprint density at radius 3 is 2.88 bits per heavy atom. The third-order valence-electron chi connectivity index (χ3n) is 3.08. The predicted octanol–water partition coefficient (Wildman–Crippen LogP) is 2.40. The van der Waals surface area contributed by atoms with Crippen LogP contribution in [0.2, 0.25) is 5.02 Å². The van der Waals surface area contributed by atoms with E-state index in [1.165, 1.54) is 0 Å². The first-order valence-electron chi connectivity index (χ1n) is 5.58. The third-order valence-corrected chi connectivity index (χ3v) is 3.38. The molecule has 0 saturated carbocycles. The number of hydrogen-bond acceptors (Lipinski definition) is 3. The quantitative estimate of drug-likeness (QED) is 0.836. The summed E-state index contributed by atoms with van der Waals surface area (Å²) in [4.78, 5) is 2.13. The molecule has 88 valence electrons. The molecule has 1 aromatic rings. The van der Waals surface area contributed by atoms with Crippen LogP contribution < -0.4 is 4.90 Å². The molecule has 0 bridgehead atoms. The fourth-order valence-corrected chi connectivity index (χ4v) is 2.52. The number of aliphatic hydroxyl groups is 1. The van der Waals surface area contributed by atoms with E-state index in [0.717, 1.165) is 31.5 Å². The van der Waals surface area contributed by atoms with Gasteiger partial charge in [-0.05, 0) is 31.4 Å².